The highest BCUT2D eigenvalue weighted by Crippen LogP contribution is 2.32. The fourth-order valence-electron chi connectivity index (χ4n) is 2.50. The Balaban J connectivity index is 2.21. The third kappa shape index (κ3) is 3.15. The van der Waals surface area contributed by atoms with Crippen LogP contribution in [0.15, 0.2) is 24.3 Å². The first-order chi connectivity index (χ1) is 10.2. The Labute approximate surface area is 124 Å². The zero-order valence-electron chi connectivity index (χ0n) is 11.8. The van der Waals surface area contributed by atoms with E-state index in [1.165, 1.54) is 24.1 Å². The van der Waals surface area contributed by atoms with Crippen LogP contribution in [0.1, 0.15) is 22.3 Å². The summed E-state index contributed by atoms with van der Waals surface area (Å²) in [5, 5.41) is 8.89. The summed E-state index contributed by atoms with van der Waals surface area (Å²) in [7, 11) is 1.39. The Bertz CT molecular complexity index is 589. The Hall–Kier alpha value is -2.25. The number of likely N-dealkylation sites (tertiary alicyclic amines) is 1. The monoisotopic (exact) mass is 316 g/mol. The Morgan fingerprint density at radius 1 is 1.32 bits per heavy atom. The average Bonchev–Trinajstić information content (AvgIpc) is 2.95. The van der Waals surface area contributed by atoms with Crippen molar-refractivity contribution >= 4 is 12.0 Å². The standard InChI is InChI=1S/C14H15F3N2O3/c1-18(9-6-7-19(8-9)13(21)22)12(20)10-4-2-3-5-11(10)14(15,16)17/h2-5,9H,6-8H2,1H3,(H,21,22). The van der Waals surface area contributed by atoms with E-state index in [2.05, 4.69) is 0 Å². The highest BCUT2D eigenvalue weighted by atomic mass is 19.4. The molecule has 0 spiro atoms. The van der Waals surface area contributed by atoms with Gasteiger partial charge in [0.25, 0.3) is 5.91 Å². The van der Waals surface area contributed by atoms with Gasteiger partial charge in [-0.2, -0.15) is 13.2 Å². The zero-order chi connectivity index (χ0) is 16.5. The minimum absolute atomic E-state index is 0.103. The van der Waals surface area contributed by atoms with Crippen LogP contribution in [0, 0.1) is 0 Å². The molecule has 0 bridgehead atoms. The van der Waals surface area contributed by atoms with Crippen molar-refractivity contribution in [1.82, 2.24) is 9.80 Å². The van der Waals surface area contributed by atoms with Crippen LogP contribution in [0.5, 0.6) is 0 Å². The molecular weight excluding hydrogens is 301 g/mol. The molecule has 1 aliphatic heterocycles. The van der Waals surface area contributed by atoms with E-state index in [4.69, 9.17) is 5.11 Å². The third-order valence-electron chi connectivity index (χ3n) is 3.76. The summed E-state index contributed by atoms with van der Waals surface area (Å²) in [5.41, 5.74) is -1.41. The summed E-state index contributed by atoms with van der Waals surface area (Å²) in [4.78, 5) is 25.5. The molecule has 1 atom stereocenters. The van der Waals surface area contributed by atoms with Gasteiger partial charge in [-0.25, -0.2) is 4.79 Å². The first-order valence-corrected chi connectivity index (χ1v) is 6.63. The van der Waals surface area contributed by atoms with Gasteiger partial charge in [-0.05, 0) is 18.6 Å². The summed E-state index contributed by atoms with van der Waals surface area (Å²) in [6, 6.07) is 4.16. The lowest BCUT2D eigenvalue weighted by molar-refractivity contribution is -0.138. The van der Waals surface area contributed by atoms with E-state index in [0.29, 0.717) is 6.42 Å². The molecular formula is C14H15F3N2O3. The largest absolute Gasteiger partial charge is 0.465 e. The summed E-state index contributed by atoms with van der Waals surface area (Å²) in [5.74, 6) is -0.759. The van der Waals surface area contributed by atoms with Gasteiger partial charge in [0.15, 0.2) is 0 Å². The van der Waals surface area contributed by atoms with Gasteiger partial charge < -0.3 is 14.9 Å². The normalized spacial score (nSPS) is 18.4. The first kappa shape index (κ1) is 16.1. The predicted octanol–water partition coefficient (Wildman–Crippen LogP) is 2.53. The fourth-order valence-corrected chi connectivity index (χ4v) is 2.50. The van der Waals surface area contributed by atoms with Crippen molar-refractivity contribution < 1.29 is 27.9 Å². The lowest BCUT2D eigenvalue weighted by Gasteiger charge is -2.25. The third-order valence-corrected chi connectivity index (χ3v) is 3.76. The topological polar surface area (TPSA) is 60.9 Å². The lowest BCUT2D eigenvalue weighted by Crippen LogP contribution is -2.40. The Kier molecular flexibility index (Phi) is 4.30. The molecule has 0 aliphatic carbocycles. The maximum atomic E-state index is 13.0. The number of likely N-dealkylation sites (N-methyl/N-ethyl adjacent to an activating group) is 1. The molecule has 1 saturated heterocycles. The summed E-state index contributed by atoms with van der Waals surface area (Å²) < 4.78 is 38.9. The molecule has 8 heteroatoms. The number of hydrogen-bond acceptors (Lipinski definition) is 2. The second-order valence-corrected chi connectivity index (χ2v) is 5.13. The van der Waals surface area contributed by atoms with E-state index in [0.717, 1.165) is 17.0 Å². The maximum absolute atomic E-state index is 13.0. The molecule has 2 amide bonds. The second kappa shape index (κ2) is 5.86. The fraction of sp³-hybridized carbons (Fsp3) is 0.429. The van der Waals surface area contributed by atoms with Crippen molar-refractivity contribution in [2.24, 2.45) is 0 Å². The number of rotatable bonds is 2. The van der Waals surface area contributed by atoms with Gasteiger partial charge in [-0.1, -0.05) is 12.1 Å². The van der Waals surface area contributed by atoms with Gasteiger partial charge in [0.2, 0.25) is 0 Å². The van der Waals surface area contributed by atoms with Gasteiger partial charge in [-0.3, -0.25) is 4.79 Å². The quantitative estimate of drug-likeness (QED) is 0.912. The van der Waals surface area contributed by atoms with Crippen LogP contribution in [0.25, 0.3) is 0 Å². The predicted molar refractivity (Wildman–Crippen MR) is 71.5 cm³/mol. The van der Waals surface area contributed by atoms with Crippen LogP contribution in [-0.2, 0) is 6.18 Å². The minimum atomic E-state index is -4.62. The molecule has 2 rings (SSSR count). The van der Waals surface area contributed by atoms with Gasteiger partial charge in [0.05, 0.1) is 17.2 Å². The lowest BCUT2D eigenvalue weighted by atomic mass is 10.0. The highest BCUT2D eigenvalue weighted by Gasteiger charge is 2.37. The average molecular weight is 316 g/mol. The number of carboxylic acid groups (broad SMARTS) is 1. The first-order valence-electron chi connectivity index (χ1n) is 6.63. The van der Waals surface area contributed by atoms with Crippen LogP contribution in [0.4, 0.5) is 18.0 Å². The van der Waals surface area contributed by atoms with E-state index in [1.54, 1.807) is 0 Å². The Morgan fingerprint density at radius 3 is 2.50 bits per heavy atom. The molecule has 5 nitrogen and oxygen atoms in total. The Morgan fingerprint density at radius 2 is 1.95 bits per heavy atom. The van der Waals surface area contributed by atoms with E-state index in [1.807, 2.05) is 0 Å². The number of amides is 2. The van der Waals surface area contributed by atoms with Gasteiger partial charge in [0, 0.05) is 20.1 Å². The summed E-state index contributed by atoms with van der Waals surface area (Å²) >= 11 is 0. The molecule has 22 heavy (non-hydrogen) atoms. The molecule has 1 N–H and O–H groups in total. The number of alkyl halides is 3. The zero-order valence-corrected chi connectivity index (χ0v) is 11.8. The van der Waals surface area contributed by atoms with Crippen molar-refractivity contribution in [3.8, 4) is 0 Å². The number of nitrogens with zero attached hydrogens (tertiary/aromatic N) is 2. The number of halogens is 3. The molecule has 0 radical (unpaired) electrons. The molecule has 120 valence electrons. The molecule has 1 unspecified atom stereocenters. The van der Waals surface area contributed by atoms with E-state index >= 15 is 0 Å². The van der Waals surface area contributed by atoms with E-state index < -0.39 is 35.3 Å². The van der Waals surface area contributed by atoms with Crippen LogP contribution < -0.4 is 0 Å². The van der Waals surface area contributed by atoms with Crippen molar-refractivity contribution in [2.75, 3.05) is 20.1 Å². The summed E-state index contributed by atoms with van der Waals surface area (Å²) in [6.07, 6.45) is -5.31. The molecule has 1 aromatic rings. The molecule has 1 heterocycles. The van der Waals surface area contributed by atoms with Crippen LogP contribution in [-0.4, -0.2) is 53.1 Å². The number of carbonyl (C=O) groups is 2. The smallest absolute Gasteiger partial charge is 0.417 e. The van der Waals surface area contributed by atoms with Crippen LogP contribution in [0.2, 0.25) is 0 Å². The molecule has 1 aromatic carbocycles. The molecule has 0 aromatic heterocycles. The molecule has 1 aliphatic rings. The van der Waals surface area contributed by atoms with Crippen molar-refractivity contribution in [3.05, 3.63) is 35.4 Å². The molecule has 1 fully saturated rings. The van der Waals surface area contributed by atoms with Gasteiger partial charge >= 0.3 is 12.3 Å². The number of benzene rings is 1. The van der Waals surface area contributed by atoms with Gasteiger partial charge in [-0.15, -0.1) is 0 Å². The SMILES string of the molecule is CN(C(=O)c1ccccc1C(F)(F)F)C1CCN(C(=O)O)C1. The van der Waals surface area contributed by atoms with Crippen LogP contribution >= 0.6 is 0 Å². The van der Waals surface area contributed by atoms with Crippen molar-refractivity contribution in [1.29, 1.82) is 0 Å². The van der Waals surface area contributed by atoms with Crippen molar-refractivity contribution in [3.63, 3.8) is 0 Å². The van der Waals surface area contributed by atoms with Crippen LogP contribution in [0.3, 0.4) is 0 Å². The maximum Gasteiger partial charge on any atom is 0.417 e. The second-order valence-electron chi connectivity index (χ2n) is 5.13. The summed E-state index contributed by atoms with van der Waals surface area (Å²) in [6.45, 7) is 0.365. The molecule has 0 saturated carbocycles. The minimum Gasteiger partial charge on any atom is -0.465 e. The van der Waals surface area contributed by atoms with E-state index in [9.17, 15) is 22.8 Å². The highest BCUT2D eigenvalue weighted by molar-refractivity contribution is 5.96. The number of carbonyl (C=O) groups excluding carboxylic acids is 1. The number of hydrogen-bond donors (Lipinski definition) is 1. The van der Waals surface area contributed by atoms with Gasteiger partial charge in [0.1, 0.15) is 0 Å². The van der Waals surface area contributed by atoms with Crippen molar-refractivity contribution in [2.45, 2.75) is 18.6 Å². The van der Waals surface area contributed by atoms with E-state index in [-0.39, 0.29) is 13.1 Å².